The van der Waals surface area contributed by atoms with E-state index in [1.165, 1.54) is 21.1 Å². The Bertz CT molecular complexity index is 1530. The van der Waals surface area contributed by atoms with Crippen LogP contribution >= 0.6 is 11.3 Å². The number of thiazole rings is 1. The van der Waals surface area contributed by atoms with Crippen molar-refractivity contribution in [2.45, 2.75) is 57.4 Å². The molecule has 2 aliphatic carbocycles. The quantitative estimate of drug-likeness (QED) is 0.353. The zero-order valence-electron chi connectivity index (χ0n) is 24.1. The number of carboxylic acids is 1. The van der Waals surface area contributed by atoms with Crippen LogP contribution in [0, 0.1) is 11.8 Å². The number of hydrogen-bond acceptors (Lipinski definition) is 7. The molecule has 10 nitrogen and oxygen atoms in total. The number of carbonyl (C=O) groups excluding carboxylic acids is 3. The van der Waals surface area contributed by atoms with E-state index in [2.05, 4.69) is 4.98 Å². The van der Waals surface area contributed by atoms with Crippen LogP contribution in [0.1, 0.15) is 51.4 Å². The van der Waals surface area contributed by atoms with Crippen molar-refractivity contribution in [2.24, 2.45) is 11.8 Å². The molecule has 3 aliphatic rings. The summed E-state index contributed by atoms with van der Waals surface area (Å²) in [5, 5.41) is 12.1. The van der Waals surface area contributed by atoms with E-state index in [0.717, 1.165) is 60.9 Å². The van der Waals surface area contributed by atoms with Crippen molar-refractivity contribution in [3.8, 4) is 22.4 Å². The highest BCUT2D eigenvalue weighted by molar-refractivity contribution is 7.14. The number of nitrogens with zero attached hydrogens (tertiary/aromatic N) is 5. The molecule has 1 aromatic carbocycles. The second-order valence-electron chi connectivity index (χ2n) is 11.8. The highest BCUT2D eigenvalue weighted by Gasteiger charge is 2.40. The van der Waals surface area contributed by atoms with Gasteiger partial charge in [-0.15, -0.1) is 11.3 Å². The van der Waals surface area contributed by atoms with E-state index in [-0.39, 0.29) is 43.3 Å². The minimum absolute atomic E-state index is 0.0231. The Hall–Kier alpha value is -4.12. The lowest BCUT2D eigenvalue weighted by Gasteiger charge is -2.30. The standard InChI is InChI=1S/C32H35N5O5S/c1-35-17-29(39)36(18-28(35)38)27-13-10-21(16-33-27)24-8-4-5-9-25(24)26-19-43-32(34-26)37(23-11-12-23)31(42)22(15-30(40)41)14-20-6-2-3-7-20/h4-5,8-10,13,16,19-20,22-23H,2-3,6-7,11-12,14-15,17-18H2,1H3,(H,40,41)/t22-/m1/s1. The monoisotopic (exact) mass is 601 g/mol. The Morgan fingerprint density at radius 2 is 1.77 bits per heavy atom. The van der Waals surface area contributed by atoms with Crippen molar-refractivity contribution < 1.29 is 24.3 Å². The number of rotatable bonds is 10. The lowest BCUT2D eigenvalue weighted by Crippen LogP contribution is -2.52. The van der Waals surface area contributed by atoms with Gasteiger partial charge < -0.3 is 10.0 Å². The van der Waals surface area contributed by atoms with Gasteiger partial charge in [-0.1, -0.05) is 49.9 Å². The maximum absolute atomic E-state index is 13.9. The van der Waals surface area contributed by atoms with Gasteiger partial charge in [-0.3, -0.25) is 29.0 Å². The fourth-order valence-corrected chi connectivity index (χ4v) is 7.08. The molecule has 3 heterocycles. The number of carbonyl (C=O) groups is 4. The van der Waals surface area contributed by atoms with Gasteiger partial charge in [0.2, 0.25) is 17.7 Å². The Balaban J connectivity index is 1.25. The van der Waals surface area contributed by atoms with E-state index in [1.807, 2.05) is 35.7 Å². The van der Waals surface area contributed by atoms with E-state index in [1.54, 1.807) is 24.2 Å². The molecule has 3 fully saturated rings. The molecule has 1 N–H and O–H groups in total. The van der Waals surface area contributed by atoms with Gasteiger partial charge >= 0.3 is 5.97 Å². The lowest BCUT2D eigenvalue weighted by atomic mass is 9.90. The van der Waals surface area contributed by atoms with Crippen molar-refractivity contribution in [3.05, 3.63) is 48.0 Å². The maximum atomic E-state index is 13.9. The second-order valence-corrected chi connectivity index (χ2v) is 12.7. The predicted octanol–water partition coefficient (Wildman–Crippen LogP) is 4.84. The molecule has 0 spiro atoms. The topological polar surface area (TPSA) is 124 Å². The average molecular weight is 602 g/mol. The Kier molecular flexibility index (Phi) is 8.25. The molecule has 1 aliphatic heterocycles. The molecule has 224 valence electrons. The first-order valence-electron chi connectivity index (χ1n) is 14.9. The maximum Gasteiger partial charge on any atom is 0.304 e. The van der Waals surface area contributed by atoms with Gasteiger partial charge in [-0.05, 0) is 42.9 Å². The molecule has 0 bridgehead atoms. The van der Waals surface area contributed by atoms with Crippen LogP contribution in [0.25, 0.3) is 22.4 Å². The van der Waals surface area contributed by atoms with Crippen LogP contribution in [0.3, 0.4) is 0 Å². The number of carboxylic acid groups (broad SMARTS) is 1. The summed E-state index contributed by atoms with van der Waals surface area (Å²) >= 11 is 1.40. The van der Waals surface area contributed by atoms with Crippen LogP contribution in [0.5, 0.6) is 0 Å². The van der Waals surface area contributed by atoms with Gasteiger partial charge in [0.05, 0.1) is 18.7 Å². The Morgan fingerprint density at radius 3 is 2.44 bits per heavy atom. The fraction of sp³-hybridized carbons (Fsp3) is 0.438. The number of hydrogen-bond donors (Lipinski definition) is 1. The van der Waals surface area contributed by atoms with E-state index >= 15 is 0 Å². The van der Waals surface area contributed by atoms with Crippen LogP contribution in [-0.2, 0) is 19.2 Å². The first-order valence-corrected chi connectivity index (χ1v) is 15.8. The molecule has 1 atom stereocenters. The third-order valence-corrected chi connectivity index (χ3v) is 9.48. The third kappa shape index (κ3) is 6.31. The first-order chi connectivity index (χ1) is 20.8. The SMILES string of the molecule is CN1CC(=O)N(c2ccc(-c3ccccc3-c3csc(N(C(=O)[C@@H](CC(=O)O)CC4CCCC4)C4CC4)n3)cn2)CC1=O. The highest BCUT2D eigenvalue weighted by Crippen LogP contribution is 2.40. The summed E-state index contributed by atoms with van der Waals surface area (Å²) in [6.07, 6.45) is 8.34. The molecule has 1 saturated heterocycles. The Morgan fingerprint density at radius 1 is 1.02 bits per heavy atom. The van der Waals surface area contributed by atoms with E-state index in [9.17, 15) is 24.3 Å². The Labute approximate surface area is 254 Å². The minimum atomic E-state index is -0.941. The van der Waals surface area contributed by atoms with Crippen molar-refractivity contribution in [1.29, 1.82) is 0 Å². The highest BCUT2D eigenvalue weighted by atomic mass is 32.1. The molecule has 11 heteroatoms. The number of piperazine rings is 1. The summed E-state index contributed by atoms with van der Waals surface area (Å²) in [6.45, 7) is -0.0146. The van der Waals surface area contributed by atoms with Crippen LogP contribution in [0.4, 0.5) is 10.9 Å². The number of likely N-dealkylation sites (N-methyl/N-ethyl adjacent to an activating group) is 1. The van der Waals surface area contributed by atoms with Gasteiger partial charge in [0.1, 0.15) is 12.4 Å². The smallest absolute Gasteiger partial charge is 0.304 e. The van der Waals surface area contributed by atoms with Crippen molar-refractivity contribution in [2.75, 3.05) is 29.9 Å². The third-order valence-electron chi connectivity index (χ3n) is 8.64. The zero-order valence-corrected chi connectivity index (χ0v) is 25.0. The molecular weight excluding hydrogens is 566 g/mol. The van der Waals surface area contributed by atoms with E-state index in [0.29, 0.717) is 23.3 Å². The van der Waals surface area contributed by atoms with Gasteiger partial charge in [0.15, 0.2) is 5.13 Å². The van der Waals surface area contributed by atoms with E-state index < -0.39 is 11.9 Å². The predicted molar refractivity (Wildman–Crippen MR) is 164 cm³/mol. The largest absolute Gasteiger partial charge is 0.481 e. The van der Waals surface area contributed by atoms with Crippen molar-refractivity contribution in [1.82, 2.24) is 14.9 Å². The van der Waals surface area contributed by atoms with Crippen LogP contribution in [0.15, 0.2) is 48.0 Å². The normalized spacial score (nSPS) is 18.3. The molecule has 3 aromatic rings. The lowest BCUT2D eigenvalue weighted by molar-refractivity contribution is -0.141. The minimum Gasteiger partial charge on any atom is -0.481 e. The fourth-order valence-electron chi connectivity index (χ4n) is 6.18. The summed E-state index contributed by atoms with van der Waals surface area (Å²) in [6, 6.07) is 11.5. The number of amides is 3. The second kappa shape index (κ2) is 12.2. The number of pyridine rings is 1. The van der Waals surface area contributed by atoms with Crippen LogP contribution < -0.4 is 9.80 Å². The summed E-state index contributed by atoms with van der Waals surface area (Å²) in [5.74, 6) is -1.10. The molecule has 2 saturated carbocycles. The number of benzene rings is 1. The van der Waals surface area contributed by atoms with Gasteiger partial charge in [-0.25, -0.2) is 9.97 Å². The molecule has 43 heavy (non-hydrogen) atoms. The summed E-state index contributed by atoms with van der Waals surface area (Å²) in [4.78, 5) is 64.3. The zero-order chi connectivity index (χ0) is 30.1. The van der Waals surface area contributed by atoms with E-state index in [4.69, 9.17) is 4.98 Å². The van der Waals surface area contributed by atoms with Gasteiger partial charge in [0.25, 0.3) is 0 Å². The van der Waals surface area contributed by atoms with Crippen molar-refractivity contribution >= 4 is 46.0 Å². The van der Waals surface area contributed by atoms with Crippen molar-refractivity contribution in [3.63, 3.8) is 0 Å². The van der Waals surface area contributed by atoms with Gasteiger partial charge in [-0.2, -0.15) is 0 Å². The number of aliphatic carboxylic acids is 1. The summed E-state index contributed by atoms with van der Waals surface area (Å²) in [7, 11) is 1.61. The van der Waals surface area contributed by atoms with Crippen LogP contribution in [-0.4, -0.2) is 69.8 Å². The molecule has 6 rings (SSSR count). The molecule has 0 radical (unpaired) electrons. The number of aromatic nitrogens is 2. The molecule has 0 unspecified atom stereocenters. The first kappa shape index (κ1) is 29.0. The number of anilines is 2. The molecule has 2 aromatic heterocycles. The average Bonchev–Trinajstić information content (AvgIpc) is 3.46. The molecule has 3 amide bonds. The van der Waals surface area contributed by atoms with Crippen LogP contribution in [0.2, 0.25) is 0 Å². The molecular formula is C32H35N5O5S. The summed E-state index contributed by atoms with van der Waals surface area (Å²) < 4.78 is 0. The summed E-state index contributed by atoms with van der Waals surface area (Å²) in [5.41, 5.74) is 3.33. The van der Waals surface area contributed by atoms with Gasteiger partial charge in [0, 0.05) is 41.7 Å².